The van der Waals surface area contributed by atoms with Crippen LogP contribution in [0.4, 0.5) is 0 Å². The lowest BCUT2D eigenvalue weighted by Gasteiger charge is -2.36. The quantitative estimate of drug-likeness (QED) is 0.261. The predicted octanol–water partition coefficient (Wildman–Crippen LogP) is 2.94. The molecule has 1 atom stereocenters. The molecule has 198 valence electrons. The highest BCUT2D eigenvalue weighted by Crippen LogP contribution is 2.16. The Kier molecular flexibility index (Phi) is 10.7. The zero-order valence-electron chi connectivity index (χ0n) is 21.1. The summed E-state index contributed by atoms with van der Waals surface area (Å²) in [7, 11) is 0. The molecule has 1 fully saturated rings. The van der Waals surface area contributed by atoms with Gasteiger partial charge in [0.15, 0.2) is 5.11 Å². The maximum absolute atomic E-state index is 12.8. The van der Waals surface area contributed by atoms with Crippen molar-refractivity contribution < 1.29 is 28.6 Å². The van der Waals surface area contributed by atoms with Crippen LogP contribution in [0.1, 0.15) is 37.0 Å². The Morgan fingerprint density at radius 3 is 2.54 bits per heavy atom. The molecule has 1 aliphatic rings. The molecular weight excluding hydrogens is 494 g/mol. The van der Waals surface area contributed by atoms with Crippen molar-refractivity contribution in [1.82, 2.24) is 15.5 Å². The van der Waals surface area contributed by atoms with Gasteiger partial charge in [-0.15, -0.1) is 0 Å². The van der Waals surface area contributed by atoms with Gasteiger partial charge in [-0.1, -0.05) is 38.1 Å². The van der Waals surface area contributed by atoms with Crippen molar-refractivity contribution in [3.63, 3.8) is 0 Å². The first kappa shape index (κ1) is 27.9. The first-order chi connectivity index (χ1) is 17.8. The Bertz CT molecular complexity index is 1080. The topological polar surface area (TPSA) is 106 Å². The third-order valence-electron chi connectivity index (χ3n) is 5.59. The van der Waals surface area contributed by atoms with Gasteiger partial charge >= 0.3 is 5.97 Å². The molecule has 1 saturated heterocycles. The number of nitrogens with one attached hydrogen (secondary N) is 2. The maximum Gasteiger partial charge on any atom is 0.308 e. The Morgan fingerprint density at radius 2 is 1.78 bits per heavy atom. The van der Waals surface area contributed by atoms with Crippen molar-refractivity contribution in [3.8, 4) is 11.5 Å². The van der Waals surface area contributed by atoms with Crippen molar-refractivity contribution in [2.75, 3.05) is 32.9 Å². The monoisotopic (exact) mass is 527 g/mol. The molecule has 3 rings (SSSR count). The summed E-state index contributed by atoms with van der Waals surface area (Å²) < 4.78 is 16.5. The van der Waals surface area contributed by atoms with E-state index in [1.165, 1.54) is 4.90 Å². The average Bonchev–Trinajstić information content (AvgIpc) is 2.88. The van der Waals surface area contributed by atoms with E-state index in [9.17, 15) is 14.4 Å². The molecule has 1 aliphatic heterocycles. The van der Waals surface area contributed by atoms with Gasteiger partial charge in [0.25, 0.3) is 5.91 Å². The minimum atomic E-state index is -0.894. The molecule has 0 aliphatic carbocycles. The van der Waals surface area contributed by atoms with Crippen molar-refractivity contribution in [1.29, 1.82) is 0 Å². The molecule has 2 aromatic rings. The summed E-state index contributed by atoms with van der Waals surface area (Å²) in [6, 6.07) is 15.1. The minimum Gasteiger partial charge on any atom is -0.494 e. The van der Waals surface area contributed by atoms with Gasteiger partial charge in [0.2, 0.25) is 5.91 Å². The van der Waals surface area contributed by atoms with Crippen LogP contribution < -0.4 is 20.1 Å². The molecule has 0 aromatic heterocycles. The fourth-order valence-corrected chi connectivity index (χ4v) is 3.90. The Balaban J connectivity index is 1.52. The molecule has 0 bridgehead atoms. The van der Waals surface area contributed by atoms with Gasteiger partial charge in [0, 0.05) is 18.7 Å². The number of carbonyl (C=O) groups is 3. The van der Waals surface area contributed by atoms with Crippen molar-refractivity contribution >= 4 is 35.1 Å². The largest absolute Gasteiger partial charge is 0.494 e. The van der Waals surface area contributed by atoms with Gasteiger partial charge in [-0.25, -0.2) is 0 Å². The zero-order chi connectivity index (χ0) is 26.6. The smallest absolute Gasteiger partial charge is 0.308 e. The summed E-state index contributed by atoms with van der Waals surface area (Å²) in [5, 5.41) is 5.47. The van der Waals surface area contributed by atoms with Crippen LogP contribution in [0.15, 0.2) is 54.6 Å². The number of ether oxygens (including phenoxy) is 3. The Hall–Kier alpha value is -3.66. The molecular formula is C27H33N3O6S. The lowest BCUT2D eigenvalue weighted by atomic mass is 10.1. The number of rotatable bonds is 11. The Labute approximate surface area is 222 Å². The summed E-state index contributed by atoms with van der Waals surface area (Å²) in [4.78, 5) is 39.3. The lowest BCUT2D eigenvalue weighted by Crippen LogP contribution is -2.60. The molecule has 9 nitrogen and oxygen atoms in total. The number of thiocarbonyl (C=S) groups is 1. The van der Waals surface area contributed by atoms with E-state index in [0.717, 1.165) is 6.42 Å². The van der Waals surface area contributed by atoms with E-state index < -0.39 is 17.9 Å². The van der Waals surface area contributed by atoms with E-state index in [1.54, 1.807) is 36.4 Å². The van der Waals surface area contributed by atoms with E-state index >= 15 is 0 Å². The van der Waals surface area contributed by atoms with Gasteiger partial charge in [0.05, 0.1) is 13.0 Å². The SMILES string of the molecule is CC(C)CCOc1cccc(C(=O)NC(=S)N2CCNC(=O)C2CC(=O)OCCOc2ccccc2)c1. The van der Waals surface area contributed by atoms with E-state index in [-0.39, 0.29) is 30.7 Å². The highest BCUT2D eigenvalue weighted by Gasteiger charge is 2.34. The normalized spacial score (nSPS) is 15.1. The molecule has 0 spiro atoms. The van der Waals surface area contributed by atoms with E-state index in [0.29, 0.717) is 42.7 Å². The van der Waals surface area contributed by atoms with Crippen LogP contribution in [-0.4, -0.2) is 66.7 Å². The number of carbonyl (C=O) groups excluding carboxylic acids is 3. The molecule has 1 unspecified atom stereocenters. The summed E-state index contributed by atoms with van der Waals surface area (Å²) >= 11 is 5.44. The minimum absolute atomic E-state index is 0.0405. The number of piperazine rings is 1. The zero-order valence-corrected chi connectivity index (χ0v) is 21.9. The number of esters is 1. The van der Waals surface area contributed by atoms with Crippen LogP contribution in [0.5, 0.6) is 11.5 Å². The number of hydrogen-bond donors (Lipinski definition) is 2. The van der Waals surface area contributed by atoms with Crippen LogP contribution >= 0.6 is 12.2 Å². The highest BCUT2D eigenvalue weighted by atomic mass is 32.1. The third-order valence-corrected chi connectivity index (χ3v) is 5.93. The second kappa shape index (κ2) is 14.2. The fraction of sp³-hybridized carbons (Fsp3) is 0.407. The number of amides is 2. The summed E-state index contributed by atoms with van der Waals surface area (Å²) in [5.41, 5.74) is 0.375. The van der Waals surface area contributed by atoms with Crippen LogP contribution in [-0.2, 0) is 14.3 Å². The van der Waals surface area contributed by atoms with Crippen LogP contribution in [0.2, 0.25) is 0 Å². The van der Waals surface area contributed by atoms with E-state index in [2.05, 4.69) is 24.5 Å². The molecule has 10 heteroatoms. The number of para-hydroxylation sites is 1. The van der Waals surface area contributed by atoms with Crippen LogP contribution in [0.3, 0.4) is 0 Å². The Morgan fingerprint density at radius 1 is 1.05 bits per heavy atom. The molecule has 0 radical (unpaired) electrons. The third kappa shape index (κ3) is 9.05. The number of hydrogen-bond acceptors (Lipinski definition) is 7. The first-order valence-electron chi connectivity index (χ1n) is 12.3. The molecule has 2 aromatic carbocycles. The average molecular weight is 528 g/mol. The van der Waals surface area contributed by atoms with Gasteiger partial charge in [-0.3, -0.25) is 19.7 Å². The van der Waals surface area contributed by atoms with E-state index in [4.69, 9.17) is 26.4 Å². The van der Waals surface area contributed by atoms with Crippen molar-refractivity contribution in [2.24, 2.45) is 5.92 Å². The summed E-state index contributed by atoms with van der Waals surface area (Å²) in [6.45, 7) is 5.69. The number of nitrogens with zero attached hydrogens (tertiary/aromatic N) is 1. The van der Waals surface area contributed by atoms with Crippen molar-refractivity contribution in [3.05, 3.63) is 60.2 Å². The van der Waals surface area contributed by atoms with Crippen LogP contribution in [0.25, 0.3) is 0 Å². The first-order valence-corrected chi connectivity index (χ1v) is 12.7. The molecule has 37 heavy (non-hydrogen) atoms. The molecule has 1 heterocycles. The van der Waals surface area contributed by atoms with Crippen molar-refractivity contribution in [2.45, 2.75) is 32.7 Å². The van der Waals surface area contributed by atoms with Crippen LogP contribution in [0, 0.1) is 5.92 Å². The second-order valence-corrected chi connectivity index (χ2v) is 9.29. The van der Waals surface area contributed by atoms with Gasteiger partial charge in [0.1, 0.15) is 30.8 Å². The fourth-order valence-electron chi connectivity index (χ4n) is 3.59. The van der Waals surface area contributed by atoms with E-state index in [1.807, 2.05) is 18.2 Å². The molecule has 0 saturated carbocycles. The molecule has 2 N–H and O–H groups in total. The van der Waals surface area contributed by atoms with Gasteiger partial charge in [-0.05, 0) is 54.9 Å². The highest BCUT2D eigenvalue weighted by molar-refractivity contribution is 7.80. The number of benzene rings is 2. The summed E-state index contributed by atoms with van der Waals surface area (Å²) in [5.74, 6) is 0.423. The second-order valence-electron chi connectivity index (χ2n) is 8.90. The predicted molar refractivity (Wildman–Crippen MR) is 142 cm³/mol. The van der Waals surface area contributed by atoms with Gasteiger partial charge < -0.3 is 24.4 Å². The maximum atomic E-state index is 12.8. The summed E-state index contributed by atoms with van der Waals surface area (Å²) in [6.07, 6.45) is 0.688. The molecule has 2 amide bonds. The van der Waals surface area contributed by atoms with Gasteiger partial charge in [-0.2, -0.15) is 0 Å². The standard InChI is InChI=1S/C27H33N3O6S/c1-19(2)11-14-34-22-10-6-7-20(17-22)25(32)29-27(37)30-13-12-28-26(33)23(30)18-24(31)36-16-15-35-21-8-4-3-5-9-21/h3-10,17,19,23H,11-16,18H2,1-2H3,(H,28,33)(H,29,32,37). The lowest BCUT2D eigenvalue weighted by molar-refractivity contribution is -0.148.